The van der Waals surface area contributed by atoms with Gasteiger partial charge >= 0.3 is 6.09 Å². The lowest BCUT2D eigenvalue weighted by Crippen LogP contribution is -2.40. The fourth-order valence-corrected chi connectivity index (χ4v) is 3.58. The number of thiazole rings is 1. The van der Waals surface area contributed by atoms with E-state index in [-0.39, 0.29) is 36.9 Å². The highest BCUT2D eigenvalue weighted by atomic mass is 35.5. The molecule has 1 aliphatic heterocycles. The molecule has 2 aromatic heterocycles. The summed E-state index contributed by atoms with van der Waals surface area (Å²) in [6.07, 6.45) is 2.27. The van der Waals surface area contributed by atoms with Crippen molar-refractivity contribution in [3.63, 3.8) is 0 Å². The Hall–Kier alpha value is -1.88. The Kier molecular flexibility index (Phi) is 11.0. The van der Waals surface area contributed by atoms with Gasteiger partial charge in [-0.05, 0) is 37.7 Å². The Morgan fingerprint density at radius 2 is 2.24 bits per heavy atom. The van der Waals surface area contributed by atoms with Gasteiger partial charge in [-0.15, -0.1) is 36.2 Å². The summed E-state index contributed by atoms with van der Waals surface area (Å²) >= 11 is 6.99. The Bertz CT molecular complexity index is 781. The van der Waals surface area contributed by atoms with Crippen LogP contribution < -0.4 is 16.0 Å². The lowest BCUT2D eigenvalue weighted by Gasteiger charge is -2.19. The third kappa shape index (κ3) is 7.46. The van der Waals surface area contributed by atoms with Crippen LogP contribution in [0.25, 0.3) is 0 Å². The fourth-order valence-electron chi connectivity index (χ4n) is 2.75. The van der Waals surface area contributed by atoms with Gasteiger partial charge in [0, 0.05) is 30.7 Å². The highest BCUT2D eigenvalue weighted by Crippen LogP contribution is 2.19. The summed E-state index contributed by atoms with van der Waals surface area (Å²) in [5.41, 5.74) is 3.54. The molecular formula is C17H24Cl2N6O2S2. The van der Waals surface area contributed by atoms with Crippen molar-refractivity contribution in [3.05, 3.63) is 34.9 Å². The molecule has 1 aliphatic rings. The molecule has 12 heteroatoms. The number of ether oxygens (including phenoxy) is 1. The van der Waals surface area contributed by atoms with Crippen LogP contribution in [0.4, 0.5) is 16.3 Å². The predicted octanol–water partition coefficient (Wildman–Crippen LogP) is 3.51. The second-order valence-corrected chi connectivity index (χ2v) is 7.09. The van der Waals surface area contributed by atoms with Crippen molar-refractivity contribution in [2.24, 2.45) is 0 Å². The van der Waals surface area contributed by atoms with Crippen LogP contribution in [-0.2, 0) is 11.3 Å². The molecule has 1 unspecified atom stereocenters. The zero-order chi connectivity index (χ0) is 19.1. The average Bonchev–Trinajstić information content (AvgIpc) is 3.33. The topological polar surface area (TPSA) is 91.4 Å². The lowest BCUT2D eigenvalue weighted by atomic mass is 10.3. The summed E-state index contributed by atoms with van der Waals surface area (Å²) in [4.78, 5) is 22.1. The zero-order valence-corrected chi connectivity index (χ0v) is 19.1. The Morgan fingerprint density at radius 3 is 2.97 bits per heavy atom. The van der Waals surface area contributed by atoms with Crippen LogP contribution in [0, 0.1) is 0 Å². The second kappa shape index (κ2) is 12.6. The first-order valence-corrected chi connectivity index (χ1v) is 10.1. The predicted molar refractivity (Wildman–Crippen MR) is 125 cm³/mol. The third-order valence-corrected chi connectivity index (χ3v) is 4.88. The summed E-state index contributed by atoms with van der Waals surface area (Å²) in [5.74, 6) is 0.703. The van der Waals surface area contributed by atoms with Crippen molar-refractivity contribution in [3.8, 4) is 0 Å². The number of hydrogen-bond acceptors (Lipinski definition) is 7. The van der Waals surface area contributed by atoms with E-state index in [0.717, 1.165) is 17.8 Å². The Morgan fingerprint density at radius 1 is 1.41 bits per heavy atom. The molecule has 3 heterocycles. The first kappa shape index (κ1) is 25.2. The minimum atomic E-state index is -0.276. The first-order valence-electron chi connectivity index (χ1n) is 8.71. The molecule has 29 heavy (non-hydrogen) atoms. The maximum Gasteiger partial charge on any atom is 0.409 e. The molecule has 1 saturated heterocycles. The van der Waals surface area contributed by atoms with E-state index in [2.05, 4.69) is 25.9 Å². The number of nitrogens with one attached hydrogen (secondary N) is 3. The number of rotatable bonds is 6. The minimum absolute atomic E-state index is 0. The largest absolute Gasteiger partial charge is 0.450 e. The highest BCUT2D eigenvalue weighted by Gasteiger charge is 2.27. The molecular weight excluding hydrogens is 455 g/mol. The quantitative estimate of drug-likeness (QED) is 0.543. The van der Waals surface area contributed by atoms with E-state index in [0.29, 0.717) is 37.2 Å². The summed E-state index contributed by atoms with van der Waals surface area (Å²) in [6.45, 7) is 4.00. The average molecular weight is 479 g/mol. The maximum absolute atomic E-state index is 11.8. The Labute approximate surface area is 191 Å². The third-order valence-electron chi connectivity index (χ3n) is 4.03. The lowest BCUT2D eigenvalue weighted by molar-refractivity contribution is 0.115. The number of halogens is 2. The van der Waals surface area contributed by atoms with Crippen LogP contribution in [0.15, 0.2) is 29.2 Å². The zero-order valence-electron chi connectivity index (χ0n) is 15.8. The number of pyridine rings is 1. The number of carbonyl (C=O) groups excluding carboxylic acids is 1. The number of aromatic nitrogens is 2. The molecule has 3 rings (SSSR count). The molecule has 160 valence electrons. The van der Waals surface area contributed by atoms with Gasteiger partial charge in [0.1, 0.15) is 5.82 Å². The molecule has 1 amide bonds. The minimum Gasteiger partial charge on any atom is -0.450 e. The maximum atomic E-state index is 11.8. The smallest absolute Gasteiger partial charge is 0.409 e. The SMILES string of the molecule is CCOC(=O)N1CCC(NC(=S)Nc2cccnc2NCc2cscn2)C1.Cl.Cl. The monoisotopic (exact) mass is 478 g/mol. The molecule has 0 spiro atoms. The van der Waals surface area contributed by atoms with E-state index in [9.17, 15) is 4.79 Å². The van der Waals surface area contributed by atoms with Crippen molar-refractivity contribution in [1.82, 2.24) is 20.2 Å². The van der Waals surface area contributed by atoms with Crippen molar-refractivity contribution in [2.45, 2.75) is 25.9 Å². The van der Waals surface area contributed by atoms with Crippen LogP contribution in [0.5, 0.6) is 0 Å². The highest BCUT2D eigenvalue weighted by molar-refractivity contribution is 7.80. The number of nitrogens with zero attached hydrogens (tertiary/aromatic N) is 3. The number of anilines is 2. The molecule has 2 aromatic rings. The number of hydrogen-bond donors (Lipinski definition) is 3. The number of amides is 1. The molecule has 3 N–H and O–H groups in total. The summed E-state index contributed by atoms with van der Waals surface area (Å²) < 4.78 is 5.04. The van der Waals surface area contributed by atoms with Gasteiger partial charge in [-0.3, -0.25) is 0 Å². The van der Waals surface area contributed by atoms with Crippen LogP contribution in [-0.4, -0.2) is 51.8 Å². The van der Waals surface area contributed by atoms with E-state index in [4.69, 9.17) is 17.0 Å². The Balaban J connectivity index is 0.00000210. The van der Waals surface area contributed by atoms with Gasteiger partial charge in [0.2, 0.25) is 0 Å². The van der Waals surface area contributed by atoms with Crippen molar-refractivity contribution in [2.75, 3.05) is 30.3 Å². The summed E-state index contributed by atoms with van der Waals surface area (Å²) in [7, 11) is 0. The standard InChI is InChI=1S/C17H22N6O2S2.2ClH/c1-2-25-17(24)23-7-5-12(9-23)21-16(26)22-14-4-3-6-18-15(14)19-8-13-10-27-11-20-13;;/h3-4,6,10-12H,2,5,7-9H2,1H3,(H,18,19)(H2,21,22,26);2*1H. The molecule has 8 nitrogen and oxygen atoms in total. The number of thiocarbonyl (C=S) groups is 1. The molecule has 0 saturated carbocycles. The van der Waals surface area contributed by atoms with E-state index in [1.807, 2.05) is 17.5 Å². The normalized spacial score (nSPS) is 14.9. The van der Waals surface area contributed by atoms with Gasteiger partial charge in [0.05, 0.1) is 30.0 Å². The molecule has 0 aromatic carbocycles. The molecule has 1 atom stereocenters. The van der Waals surface area contributed by atoms with Gasteiger partial charge < -0.3 is 25.6 Å². The summed E-state index contributed by atoms with van der Waals surface area (Å²) in [6, 6.07) is 3.85. The van der Waals surface area contributed by atoms with Crippen LogP contribution in [0.2, 0.25) is 0 Å². The fraction of sp³-hybridized carbons (Fsp3) is 0.412. The number of carbonyl (C=O) groups is 1. The molecule has 0 radical (unpaired) electrons. The first-order chi connectivity index (χ1) is 13.2. The van der Waals surface area contributed by atoms with Crippen molar-refractivity contribution in [1.29, 1.82) is 0 Å². The van der Waals surface area contributed by atoms with Crippen molar-refractivity contribution < 1.29 is 9.53 Å². The van der Waals surface area contributed by atoms with Gasteiger partial charge in [-0.25, -0.2) is 14.8 Å². The molecule has 1 fully saturated rings. The van der Waals surface area contributed by atoms with Crippen LogP contribution in [0.1, 0.15) is 19.0 Å². The van der Waals surface area contributed by atoms with Crippen LogP contribution >= 0.6 is 48.4 Å². The van der Waals surface area contributed by atoms with Gasteiger partial charge in [0.15, 0.2) is 5.11 Å². The van der Waals surface area contributed by atoms with Gasteiger partial charge in [-0.1, -0.05) is 0 Å². The second-order valence-electron chi connectivity index (χ2n) is 5.96. The van der Waals surface area contributed by atoms with E-state index >= 15 is 0 Å². The van der Waals surface area contributed by atoms with E-state index in [1.54, 1.807) is 34.9 Å². The molecule has 0 bridgehead atoms. The van der Waals surface area contributed by atoms with Gasteiger partial charge in [-0.2, -0.15) is 0 Å². The van der Waals surface area contributed by atoms with E-state index < -0.39 is 0 Å². The summed E-state index contributed by atoms with van der Waals surface area (Å²) in [5, 5.41) is 12.2. The van der Waals surface area contributed by atoms with Crippen LogP contribution in [0.3, 0.4) is 0 Å². The van der Waals surface area contributed by atoms with E-state index in [1.165, 1.54) is 0 Å². The van der Waals surface area contributed by atoms with Crippen molar-refractivity contribution >= 4 is 71.1 Å². The number of likely N-dealkylation sites (tertiary alicyclic amines) is 1. The van der Waals surface area contributed by atoms with Gasteiger partial charge in [0.25, 0.3) is 0 Å². The molecule has 0 aliphatic carbocycles.